The van der Waals surface area contributed by atoms with Gasteiger partial charge in [0.15, 0.2) is 0 Å². The van der Waals surface area contributed by atoms with E-state index in [1.807, 2.05) is 29.2 Å². The number of hydrogen-bond acceptors (Lipinski definition) is 3. The molecule has 5 heteroatoms. The molecule has 1 amide bonds. The van der Waals surface area contributed by atoms with Gasteiger partial charge in [0.1, 0.15) is 0 Å². The quantitative estimate of drug-likeness (QED) is 0.672. The molecule has 0 spiro atoms. The Labute approximate surface area is 137 Å². The van der Waals surface area contributed by atoms with E-state index in [4.69, 9.17) is 16.3 Å². The van der Waals surface area contributed by atoms with Crippen molar-refractivity contribution >= 4 is 17.5 Å². The number of carbonyl (C=O) groups excluding carboxylic acids is 1. The van der Waals surface area contributed by atoms with E-state index in [0.29, 0.717) is 25.6 Å². The molecule has 0 unspecified atom stereocenters. The van der Waals surface area contributed by atoms with Gasteiger partial charge in [-0.05, 0) is 42.9 Å². The number of nitrogens with one attached hydrogen (secondary N) is 1. The highest BCUT2D eigenvalue weighted by atomic mass is 35.5. The molecule has 2 rings (SSSR count). The maximum atomic E-state index is 12.3. The highest BCUT2D eigenvalue weighted by molar-refractivity contribution is 6.30. The Morgan fingerprint density at radius 2 is 2.09 bits per heavy atom. The van der Waals surface area contributed by atoms with Crippen LogP contribution in [0, 0.1) is 5.92 Å². The lowest BCUT2D eigenvalue weighted by molar-refractivity contribution is -0.130. The third kappa shape index (κ3) is 6.34. The standard InChI is InChI=1S/C17H25ClN2O2/c1-22-11-9-19-12-17(21)20(13-15-2-3-15)10-8-14-4-6-16(18)7-5-14/h4-7,15,19H,2-3,8-13H2,1H3. The summed E-state index contributed by atoms with van der Waals surface area (Å²) >= 11 is 5.90. The molecule has 0 radical (unpaired) electrons. The number of amides is 1. The van der Waals surface area contributed by atoms with Crippen LogP contribution in [0.3, 0.4) is 0 Å². The summed E-state index contributed by atoms with van der Waals surface area (Å²) < 4.78 is 4.98. The van der Waals surface area contributed by atoms with Crippen molar-refractivity contribution in [3.05, 3.63) is 34.9 Å². The summed E-state index contributed by atoms with van der Waals surface area (Å²) in [7, 11) is 1.66. The number of ether oxygens (including phenoxy) is 1. The molecular formula is C17H25ClN2O2. The van der Waals surface area contributed by atoms with Gasteiger partial charge in [-0.25, -0.2) is 0 Å². The molecule has 0 atom stereocenters. The van der Waals surface area contributed by atoms with Crippen LogP contribution >= 0.6 is 11.6 Å². The zero-order chi connectivity index (χ0) is 15.8. The van der Waals surface area contributed by atoms with Crippen LogP contribution in [0.15, 0.2) is 24.3 Å². The van der Waals surface area contributed by atoms with E-state index < -0.39 is 0 Å². The van der Waals surface area contributed by atoms with Crippen LogP contribution < -0.4 is 5.32 Å². The number of nitrogens with zero attached hydrogens (tertiary/aromatic N) is 1. The van der Waals surface area contributed by atoms with E-state index in [1.54, 1.807) is 7.11 Å². The van der Waals surface area contributed by atoms with E-state index >= 15 is 0 Å². The monoisotopic (exact) mass is 324 g/mol. The molecule has 0 aliphatic heterocycles. The largest absolute Gasteiger partial charge is 0.383 e. The van der Waals surface area contributed by atoms with Crippen LogP contribution in [0.1, 0.15) is 18.4 Å². The van der Waals surface area contributed by atoms with Gasteiger partial charge < -0.3 is 15.0 Å². The van der Waals surface area contributed by atoms with Gasteiger partial charge in [0.25, 0.3) is 0 Å². The maximum absolute atomic E-state index is 12.3. The summed E-state index contributed by atoms with van der Waals surface area (Å²) in [6, 6.07) is 7.85. The Morgan fingerprint density at radius 1 is 1.36 bits per heavy atom. The summed E-state index contributed by atoms with van der Waals surface area (Å²) in [6.07, 6.45) is 3.37. The number of methoxy groups -OCH3 is 1. The smallest absolute Gasteiger partial charge is 0.236 e. The fourth-order valence-electron chi connectivity index (χ4n) is 2.33. The van der Waals surface area contributed by atoms with E-state index in [0.717, 1.165) is 24.5 Å². The Hall–Kier alpha value is -1.10. The second-order valence-electron chi connectivity index (χ2n) is 5.83. The first-order valence-electron chi connectivity index (χ1n) is 7.91. The lowest BCUT2D eigenvalue weighted by atomic mass is 10.1. The third-order valence-corrected chi connectivity index (χ3v) is 4.12. The van der Waals surface area contributed by atoms with Crippen molar-refractivity contribution in [1.82, 2.24) is 10.2 Å². The molecule has 122 valence electrons. The predicted molar refractivity (Wildman–Crippen MR) is 89.2 cm³/mol. The van der Waals surface area contributed by atoms with Crippen molar-refractivity contribution < 1.29 is 9.53 Å². The number of hydrogen-bond donors (Lipinski definition) is 1. The number of halogens is 1. The van der Waals surface area contributed by atoms with Gasteiger partial charge in [-0.15, -0.1) is 0 Å². The Kier molecular flexibility index (Phi) is 7.16. The summed E-state index contributed by atoms with van der Waals surface area (Å²) in [6.45, 7) is 3.37. The maximum Gasteiger partial charge on any atom is 0.236 e. The minimum atomic E-state index is 0.178. The van der Waals surface area contributed by atoms with Gasteiger partial charge in [0.2, 0.25) is 5.91 Å². The van der Waals surface area contributed by atoms with E-state index in [-0.39, 0.29) is 5.91 Å². The number of rotatable bonds is 10. The molecule has 0 heterocycles. The molecule has 1 N–H and O–H groups in total. The number of carbonyl (C=O) groups is 1. The van der Waals surface area contributed by atoms with Crippen molar-refractivity contribution in [1.29, 1.82) is 0 Å². The van der Waals surface area contributed by atoms with Crippen molar-refractivity contribution in [3.8, 4) is 0 Å². The lowest BCUT2D eigenvalue weighted by Gasteiger charge is -2.23. The van der Waals surface area contributed by atoms with Crippen LogP contribution in [0.2, 0.25) is 5.02 Å². The summed E-state index contributed by atoms with van der Waals surface area (Å²) in [4.78, 5) is 14.3. The van der Waals surface area contributed by atoms with E-state index in [2.05, 4.69) is 5.32 Å². The van der Waals surface area contributed by atoms with E-state index in [9.17, 15) is 4.79 Å². The summed E-state index contributed by atoms with van der Waals surface area (Å²) in [5.74, 6) is 0.880. The van der Waals surface area contributed by atoms with Crippen LogP contribution in [-0.4, -0.2) is 50.7 Å². The molecule has 1 aliphatic rings. The fraction of sp³-hybridized carbons (Fsp3) is 0.588. The molecule has 0 saturated heterocycles. The highest BCUT2D eigenvalue weighted by Gasteiger charge is 2.26. The Morgan fingerprint density at radius 3 is 2.73 bits per heavy atom. The lowest BCUT2D eigenvalue weighted by Crippen LogP contribution is -2.41. The van der Waals surface area contributed by atoms with Gasteiger partial charge in [-0.3, -0.25) is 4.79 Å². The first-order valence-corrected chi connectivity index (χ1v) is 8.28. The van der Waals surface area contributed by atoms with Gasteiger partial charge >= 0.3 is 0 Å². The molecule has 22 heavy (non-hydrogen) atoms. The number of benzene rings is 1. The SMILES string of the molecule is COCCNCC(=O)N(CCc1ccc(Cl)cc1)CC1CC1. The van der Waals surface area contributed by atoms with Gasteiger partial charge in [-0.1, -0.05) is 23.7 Å². The van der Waals surface area contributed by atoms with Gasteiger partial charge in [0.05, 0.1) is 13.2 Å². The molecule has 1 fully saturated rings. The Bertz CT molecular complexity index is 460. The van der Waals surface area contributed by atoms with Crippen molar-refractivity contribution in [2.45, 2.75) is 19.3 Å². The van der Waals surface area contributed by atoms with Crippen molar-refractivity contribution in [2.24, 2.45) is 5.92 Å². The molecule has 0 bridgehead atoms. The first kappa shape index (κ1) is 17.3. The van der Waals surface area contributed by atoms with Crippen molar-refractivity contribution in [3.63, 3.8) is 0 Å². The second kappa shape index (κ2) is 9.13. The summed E-state index contributed by atoms with van der Waals surface area (Å²) in [5.41, 5.74) is 1.21. The first-order chi connectivity index (χ1) is 10.7. The van der Waals surface area contributed by atoms with E-state index in [1.165, 1.54) is 18.4 Å². The molecular weight excluding hydrogens is 300 g/mol. The Balaban J connectivity index is 1.79. The van der Waals surface area contributed by atoms with Gasteiger partial charge in [-0.2, -0.15) is 0 Å². The normalized spacial score (nSPS) is 14.1. The summed E-state index contributed by atoms with van der Waals surface area (Å²) in [5, 5.41) is 3.88. The minimum Gasteiger partial charge on any atom is -0.383 e. The molecule has 1 saturated carbocycles. The third-order valence-electron chi connectivity index (χ3n) is 3.87. The topological polar surface area (TPSA) is 41.6 Å². The zero-order valence-corrected chi connectivity index (χ0v) is 13.9. The average Bonchev–Trinajstić information content (AvgIpc) is 3.33. The highest BCUT2D eigenvalue weighted by Crippen LogP contribution is 2.29. The average molecular weight is 325 g/mol. The van der Waals surface area contributed by atoms with Crippen LogP contribution in [0.25, 0.3) is 0 Å². The zero-order valence-electron chi connectivity index (χ0n) is 13.2. The minimum absolute atomic E-state index is 0.178. The predicted octanol–water partition coefficient (Wildman–Crippen LogP) is 2.36. The van der Waals surface area contributed by atoms with Gasteiger partial charge in [0, 0.05) is 31.8 Å². The second-order valence-corrected chi connectivity index (χ2v) is 6.27. The fourth-order valence-corrected chi connectivity index (χ4v) is 2.45. The molecule has 1 aromatic carbocycles. The molecule has 0 aromatic heterocycles. The molecule has 1 aliphatic carbocycles. The van der Waals surface area contributed by atoms with Crippen molar-refractivity contribution in [2.75, 3.05) is 39.9 Å². The van der Waals surface area contributed by atoms with Crippen LogP contribution in [0.4, 0.5) is 0 Å². The molecule has 4 nitrogen and oxygen atoms in total. The van der Waals surface area contributed by atoms with Crippen LogP contribution in [0.5, 0.6) is 0 Å². The molecule has 1 aromatic rings. The van der Waals surface area contributed by atoms with Crippen LogP contribution in [-0.2, 0) is 16.0 Å².